The van der Waals surface area contributed by atoms with E-state index in [4.69, 9.17) is 9.97 Å². The van der Waals surface area contributed by atoms with Gasteiger partial charge in [-0.05, 0) is 49.6 Å². The van der Waals surface area contributed by atoms with Crippen LogP contribution in [0.4, 0.5) is 23.1 Å². The average Bonchev–Trinajstić information content (AvgIpc) is 2.74. The zero-order valence-electron chi connectivity index (χ0n) is 17.5. The summed E-state index contributed by atoms with van der Waals surface area (Å²) in [4.78, 5) is 14.3. The number of aryl methyl sites for hydroxylation is 3. The molecule has 2 aromatic carbocycles. The monoisotopic (exact) mass is 387 g/mol. The van der Waals surface area contributed by atoms with Crippen molar-refractivity contribution in [3.8, 4) is 0 Å². The summed E-state index contributed by atoms with van der Waals surface area (Å²) in [5, 5.41) is 3.50. The molecule has 1 N–H and O–H groups in total. The van der Waals surface area contributed by atoms with Gasteiger partial charge in [0.2, 0.25) is 5.95 Å². The molecule has 0 saturated carbocycles. The van der Waals surface area contributed by atoms with Crippen LogP contribution in [0.5, 0.6) is 0 Å². The van der Waals surface area contributed by atoms with Gasteiger partial charge in [-0.2, -0.15) is 4.98 Å². The molecule has 4 rings (SSSR count). The summed E-state index contributed by atoms with van der Waals surface area (Å²) < 4.78 is 0. The summed E-state index contributed by atoms with van der Waals surface area (Å²) in [6, 6.07) is 19.1. The second kappa shape index (κ2) is 8.52. The van der Waals surface area contributed by atoms with Crippen LogP contribution in [0.1, 0.15) is 23.7 Å². The van der Waals surface area contributed by atoms with Crippen molar-refractivity contribution in [1.29, 1.82) is 0 Å². The molecule has 1 aliphatic rings. The number of hydrogen-bond donors (Lipinski definition) is 1. The number of hydrogen-bond acceptors (Lipinski definition) is 5. The first-order valence-electron chi connectivity index (χ1n) is 10.4. The Kier molecular flexibility index (Phi) is 5.65. The molecule has 1 fully saturated rings. The highest BCUT2D eigenvalue weighted by Crippen LogP contribution is 2.24. The highest BCUT2D eigenvalue weighted by atomic mass is 15.3. The van der Waals surface area contributed by atoms with E-state index in [-0.39, 0.29) is 0 Å². The van der Waals surface area contributed by atoms with Crippen molar-refractivity contribution < 1.29 is 0 Å². The molecule has 0 unspecified atom stereocenters. The summed E-state index contributed by atoms with van der Waals surface area (Å²) in [6.45, 7) is 10.1. The second-order valence-corrected chi connectivity index (χ2v) is 7.64. The van der Waals surface area contributed by atoms with Gasteiger partial charge in [-0.3, -0.25) is 0 Å². The quantitative estimate of drug-likeness (QED) is 0.686. The van der Waals surface area contributed by atoms with Gasteiger partial charge in [-0.15, -0.1) is 0 Å². The first kappa shape index (κ1) is 19.2. The maximum absolute atomic E-state index is 4.83. The van der Waals surface area contributed by atoms with E-state index in [9.17, 15) is 0 Å². The lowest BCUT2D eigenvalue weighted by molar-refractivity contribution is 0.639. The molecule has 5 nitrogen and oxygen atoms in total. The molecular weight excluding hydrogens is 358 g/mol. The van der Waals surface area contributed by atoms with Crippen LogP contribution in [0, 0.1) is 13.8 Å². The van der Waals surface area contributed by atoms with Gasteiger partial charge in [0.15, 0.2) is 0 Å². The zero-order chi connectivity index (χ0) is 20.2. The van der Waals surface area contributed by atoms with Crippen LogP contribution in [-0.2, 0) is 6.42 Å². The summed E-state index contributed by atoms with van der Waals surface area (Å²) >= 11 is 0. The third-order valence-corrected chi connectivity index (χ3v) is 5.43. The number of anilines is 4. The van der Waals surface area contributed by atoms with E-state index < -0.39 is 0 Å². The topological polar surface area (TPSA) is 44.3 Å². The molecule has 0 spiro atoms. The van der Waals surface area contributed by atoms with Gasteiger partial charge < -0.3 is 15.1 Å². The molecule has 0 atom stereocenters. The number of piperazine rings is 1. The standard InChI is InChI=1S/C24H29N5/c1-4-20-9-5-6-11-22(20)26-23-17-19(3)25-24(27-23)29-14-12-28(13-15-29)21-10-7-8-18(2)16-21/h5-11,16-17H,4,12-15H2,1-3H3,(H,25,26,27). The van der Waals surface area contributed by atoms with E-state index >= 15 is 0 Å². The van der Waals surface area contributed by atoms with Gasteiger partial charge >= 0.3 is 0 Å². The lowest BCUT2D eigenvalue weighted by Crippen LogP contribution is -2.47. The molecule has 2 heterocycles. The fourth-order valence-electron chi connectivity index (χ4n) is 3.84. The fourth-order valence-corrected chi connectivity index (χ4v) is 3.84. The van der Waals surface area contributed by atoms with Gasteiger partial charge in [-0.25, -0.2) is 4.98 Å². The van der Waals surface area contributed by atoms with Crippen molar-refractivity contribution in [3.63, 3.8) is 0 Å². The van der Waals surface area contributed by atoms with Crippen LogP contribution >= 0.6 is 0 Å². The number of aromatic nitrogens is 2. The highest BCUT2D eigenvalue weighted by Gasteiger charge is 2.20. The molecular formula is C24H29N5. The van der Waals surface area contributed by atoms with E-state index in [0.717, 1.165) is 55.7 Å². The van der Waals surface area contributed by atoms with Crippen LogP contribution in [0.25, 0.3) is 0 Å². The first-order valence-corrected chi connectivity index (χ1v) is 10.4. The minimum atomic E-state index is 0.811. The Labute approximate surface area is 173 Å². The predicted molar refractivity (Wildman–Crippen MR) is 121 cm³/mol. The minimum Gasteiger partial charge on any atom is -0.368 e. The molecule has 150 valence electrons. The number of nitrogens with zero attached hydrogens (tertiary/aromatic N) is 4. The van der Waals surface area contributed by atoms with Gasteiger partial charge in [0, 0.05) is 49.3 Å². The zero-order valence-corrected chi connectivity index (χ0v) is 17.5. The summed E-state index contributed by atoms with van der Waals surface area (Å²) in [5.74, 6) is 1.67. The maximum Gasteiger partial charge on any atom is 0.227 e. The van der Waals surface area contributed by atoms with Crippen molar-refractivity contribution in [1.82, 2.24) is 9.97 Å². The SMILES string of the molecule is CCc1ccccc1Nc1cc(C)nc(N2CCN(c3cccc(C)c3)CC2)n1. The van der Waals surface area contributed by atoms with E-state index in [1.165, 1.54) is 16.8 Å². The van der Waals surface area contributed by atoms with Crippen molar-refractivity contribution in [2.75, 3.05) is 41.3 Å². The molecule has 0 aliphatic carbocycles. The van der Waals surface area contributed by atoms with Crippen molar-refractivity contribution in [3.05, 3.63) is 71.4 Å². The highest BCUT2D eigenvalue weighted by molar-refractivity contribution is 5.62. The number of para-hydroxylation sites is 1. The molecule has 0 radical (unpaired) electrons. The Hall–Kier alpha value is -3.08. The predicted octanol–water partition coefficient (Wildman–Crippen LogP) is 4.73. The lowest BCUT2D eigenvalue weighted by Gasteiger charge is -2.36. The van der Waals surface area contributed by atoms with Crippen LogP contribution in [0.15, 0.2) is 54.6 Å². The largest absolute Gasteiger partial charge is 0.368 e. The van der Waals surface area contributed by atoms with Crippen LogP contribution < -0.4 is 15.1 Å². The molecule has 29 heavy (non-hydrogen) atoms. The van der Waals surface area contributed by atoms with Gasteiger partial charge in [0.25, 0.3) is 0 Å². The van der Waals surface area contributed by atoms with E-state index in [2.05, 4.69) is 77.5 Å². The fraction of sp³-hybridized carbons (Fsp3) is 0.333. The summed E-state index contributed by atoms with van der Waals surface area (Å²) in [6.07, 6.45) is 0.987. The van der Waals surface area contributed by atoms with E-state index in [1.807, 2.05) is 13.0 Å². The average molecular weight is 388 g/mol. The Bertz CT molecular complexity index is 977. The Balaban J connectivity index is 1.48. The third kappa shape index (κ3) is 4.50. The lowest BCUT2D eigenvalue weighted by atomic mass is 10.1. The van der Waals surface area contributed by atoms with Crippen LogP contribution in [0.3, 0.4) is 0 Å². The minimum absolute atomic E-state index is 0.811. The number of benzene rings is 2. The molecule has 1 aliphatic heterocycles. The number of nitrogens with one attached hydrogen (secondary N) is 1. The normalized spacial score (nSPS) is 14.2. The first-order chi connectivity index (χ1) is 14.1. The smallest absolute Gasteiger partial charge is 0.227 e. The Morgan fingerprint density at radius 1 is 0.862 bits per heavy atom. The van der Waals surface area contributed by atoms with Gasteiger partial charge in [-0.1, -0.05) is 37.3 Å². The van der Waals surface area contributed by atoms with E-state index in [1.54, 1.807) is 0 Å². The van der Waals surface area contributed by atoms with Crippen molar-refractivity contribution in [2.45, 2.75) is 27.2 Å². The molecule has 1 aromatic heterocycles. The molecule has 0 amide bonds. The second-order valence-electron chi connectivity index (χ2n) is 7.64. The number of rotatable bonds is 5. The van der Waals surface area contributed by atoms with Crippen LogP contribution in [0.2, 0.25) is 0 Å². The molecule has 1 saturated heterocycles. The third-order valence-electron chi connectivity index (χ3n) is 5.43. The maximum atomic E-state index is 4.83. The summed E-state index contributed by atoms with van der Waals surface area (Å²) in [5.41, 5.74) is 5.98. The van der Waals surface area contributed by atoms with Crippen molar-refractivity contribution in [2.24, 2.45) is 0 Å². The van der Waals surface area contributed by atoms with Gasteiger partial charge in [0.05, 0.1) is 0 Å². The molecule has 3 aromatic rings. The van der Waals surface area contributed by atoms with Gasteiger partial charge in [0.1, 0.15) is 5.82 Å². The Morgan fingerprint density at radius 2 is 1.62 bits per heavy atom. The summed E-state index contributed by atoms with van der Waals surface area (Å²) in [7, 11) is 0. The van der Waals surface area contributed by atoms with Crippen LogP contribution in [-0.4, -0.2) is 36.1 Å². The molecule has 0 bridgehead atoms. The molecule has 5 heteroatoms. The van der Waals surface area contributed by atoms with Crippen molar-refractivity contribution >= 4 is 23.1 Å². The Morgan fingerprint density at radius 3 is 2.38 bits per heavy atom. The van der Waals surface area contributed by atoms with E-state index in [0.29, 0.717) is 0 Å².